The predicted octanol–water partition coefficient (Wildman–Crippen LogP) is 1.11. The first-order chi connectivity index (χ1) is 8.27. The summed E-state index contributed by atoms with van der Waals surface area (Å²) in [4.78, 5) is 6.82. The minimum absolute atomic E-state index is 0.136. The van der Waals surface area contributed by atoms with Crippen LogP contribution in [0.5, 0.6) is 0 Å². The molecule has 1 rings (SSSR count). The lowest BCUT2D eigenvalue weighted by molar-refractivity contribution is 0.185. The maximum Gasteiger partial charge on any atom is 0.208 e. The lowest BCUT2D eigenvalue weighted by Crippen LogP contribution is -2.46. The fourth-order valence-electron chi connectivity index (χ4n) is 2.16. The van der Waals surface area contributed by atoms with Gasteiger partial charge in [-0.3, -0.25) is 5.43 Å². The number of hydrazine groups is 1. The zero-order valence-electron chi connectivity index (χ0n) is 11.1. The number of nitrogens with zero attached hydrogens (tertiary/aromatic N) is 2. The second-order valence-electron chi connectivity index (χ2n) is 4.66. The SMILES string of the molecule is COCC(C)N=C(NN)N1CCCCCCC1. The van der Waals surface area contributed by atoms with Gasteiger partial charge in [0.1, 0.15) is 0 Å². The van der Waals surface area contributed by atoms with Crippen LogP contribution >= 0.6 is 0 Å². The summed E-state index contributed by atoms with van der Waals surface area (Å²) in [6, 6.07) is 0.136. The molecule has 1 aliphatic rings. The number of rotatable bonds is 3. The van der Waals surface area contributed by atoms with Crippen molar-refractivity contribution in [2.24, 2.45) is 10.8 Å². The molecule has 0 spiro atoms. The van der Waals surface area contributed by atoms with Crippen LogP contribution in [0.25, 0.3) is 0 Å². The van der Waals surface area contributed by atoms with Gasteiger partial charge < -0.3 is 9.64 Å². The van der Waals surface area contributed by atoms with Crippen molar-refractivity contribution in [3.05, 3.63) is 0 Å². The van der Waals surface area contributed by atoms with Crippen molar-refractivity contribution in [1.29, 1.82) is 0 Å². The normalized spacial score (nSPS) is 20.6. The molecule has 0 aromatic rings. The van der Waals surface area contributed by atoms with Gasteiger partial charge in [-0.05, 0) is 19.8 Å². The summed E-state index contributed by atoms with van der Waals surface area (Å²) in [5.74, 6) is 6.38. The smallest absolute Gasteiger partial charge is 0.208 e. The van der Waals surface area contributed by atoms with Crippen LogP contribution in [0.4, 0.5) is 0 Å². The summed E-state index contributed by atoms with van der Waals surface area (Å²) >= 11 is 0. The Bertz CT molecular complexity index is 225. The second-order valence-corrected chi connectivity index (χ2v) is 4.66. The molecule has 5 heteroatoms. The Balaban J connectivity index is 2.56. The maximum atomic E-state index is 5.57. The van der Waals surface area contributed by atoms with Crippen LogP contribution in [0.15, 0.2) is 4.99 Å². The fraction of sp³-hybridized carbons (Fsp3) is 0.917. The van der Waals surface area contributed by atoms with Crippen LogP contribution in [0.1, 0.15) is 39.0 Å². The summed E-state index contributed by atoms with van der Waals surface area (Å²) in [5.41, 5.74) is 2.73. The molecule has 0 aromatic carbocycles. The molecule has 17 heavy (non-hydrogen) atoms. The molecule has 0 amide bonds. The number of likely N-dealkylation sites (tertiary alicyclic amines) is 1. The highest BCUT2D eigenvalue weighted by atomic mass is 16.5. The molecule has 1 fully saturated rings. The van der Waals surface area contributed by atoms with Gasteiger partial charge in [0.2, 0.25) is 5.96 Å². The number of methoxy groups -OCH3 is 1. The number of nitrogens with one attached hydrogen (secondary N) is 1. The highest BCUT2D eigenvalue weighted by Crippen LogP contribution is 2.10. The average Bonchev–Trinajstić information content (AvgIpc) is 2.26. The van der Waals surface area contributed by atoms with Crippen molar-refractivity contribution in [2.45, 2.75) is 45.1 Å². The molecule has 1 aliphatic heterocycles. The topological polar surface area (TPSA) is 62.9 Å². The molecule has 3 N–H and O–H groups in total. The van der Waals surface area contributed by atoms with E-state index >= 15 is 0 Å². The van der Waals surface area contributed by atoms with Crippen LogP contribution in [0.2, 0.25) is 0 Å². The first-order valence-corrected chi connectivity index (χ1v) is 6.56. The molecule has 0 radical (unpaired) electrons. The number of hydrogen-bond acceptors (Lipinski definition) is 3. The van der Waals surface area contributed by atoms with Crippen molar-refractivity contribution in [3.63, 3.8) is 0 Å². The summed E-state index contributed by atoms with van der Waals surface area (Å²) < 4.78 is 5.09. The second kappa shape index (κ2) is 8.31. The predicted molar refractivity (Wildman–Crippen MR) is 70.8 cm³/mol. The third kappa shape index (κ3) is 5.37. The van der Waals surface area contributed by atoms with Crippen molar-refractivity contribution < 1.29 is 4.74 Å². The van der Waals surface area contributed by atoms with E-state index in [9.17, 15) is 0 Å². The van der Waals surface area contributed by atoms with Crippen LogP contribution in [-0.2, 0) is 4.74 Å². The first-order valence-electron chi connectivity index (χ1n) is 6.56. The van der Waals surface area contributed by atoms with Crippen molar-refractivity contribution >= 4 is 5.96 Å². The molecule has 100 valence electrons. The van der Waals surface area contributed by atoms with E-state index in [1.54, 1.807) is 7.11 Å². The van der Waals surface area contributed by atoms with Gasteiger partial charge in [0, 0.05) is 20.2 Å². The van der Waals surface area contributed by atoms with Crippen molar-refractivity contribution in [3.8, 4) is 0 Å². The number of hydrogen-bond donors (Lipinski definition) is 2. The summed E-state index contributed by atoms with van der Waals surface area (Å²) in [7, 11) is 1.69. The molecule has 0 aromatic heterocycles. The molecule has 5 nitrogen and oxygen atoms in total. The van der Waals surface area contributed by atoms with Crippen LogP contribution in [0.3, 0.4) is 0 Å². The average molecular weight is 242 g/mol. The number of nitrogens with two attached hydrogens (primary N) is 1. The lowest BCUT2D eigenvalue weighted by Gasteiger charge is -2.28. The van der Waals surface area contributed by atoms with Gasteiger partial charge in [-0.25, -0.2) is 10.8 Å². The largest absolute Gasteiger partial charge is 0.382 e. The maximum absolute atomic E-state index is 5.57. The van der Waals surface area contributed by atoms with Gasteiger partial charge in [-0.1, -0.05) is 19.3 Å². The van der Waals surface area contributed by atoms with Gasteiger partial charge in [0.25, 0.3) is 0 Å². The third-order valence-corrected chi connectivity index (χ3v) is 3.04. The quantitative estimate of drug-likeness (QED) is 0.337. The summed E-state index contributed by atoms with van der Waals surface area (Å²) in [6.45, 7) is 4.75. The minimum atomic E-state index is 0.136. The van der Waals surface area contributed by atoms with E-state index in [4.69, 9.17) is 10.6 Å². The first kappa shape index (κ1) is 14.3. The summed E-state index contributed by atoms with van der Waals surface area (Å²) in [5, 5.41) is 0. The van der Waals surface area contributed by atoms with Crippen molar-refractivity contribution in [2.75, 3.05) is 26.8 Å². The highest BCUT2D eigenvalue weighted by Gasteiger charge is 2.13. The third-order valence-electron chi connectivity index (χ3n) is 3.04. The summed E-state index contributed by atoms with van der Waals surface area (Å²) in [6.07, 6.45) is 6.42. The van der Waals surface area contributed by atoms with Gasteiger partial charge >= 0.3 is 0 Å². The monoisotopic (exact) mass is 242 g/mol. The van der Waals surface area contributed by atoms with Crippen LogP contribution < -0.4 is 11.3 Å². The Morgan fingerprint density at radius 2 is 1.88 bits per heavy atom. The van der Waals surface area contributed by atoms with Gasteiger partial charge in [-0.2, -0.15) is 0 Å². The highest BCUT2D eigenvalue weighted by molar-refractivity contribution is 5.79. The standard InChI is InChI=1S/C12H26N4O/c1-11(10-17-2)14-12(15-13)16-8-6-4-3-5-7-9-16/h11H,3-10,13H2,1-2H3,(H,14,15). The van der Waals surface area contributed by atoms with Crippen LogP contribution in [-0.4, -0.2) is 43.7 Å². The lowest BCUT2D eigenvalue weighted by atomic mass is 10.1. The van der Waals surface area contributed by atoms with Gasteiger partial charge in [0.05, 0.1) is 12.6 Å². The van der Waals surface area contributed by atoms with E-state index in [1.165, 1.54) is 32.1 Å². The molecule has 1 unspecified atom stereocenters. The molecular weight excluding hydrogens is 216 g/mol. The van der Waals surface area contributed by atoms with E-state index in [0.717, 1.165) is 19.0 Å². The molecule has 0 bridgehead atoms. The molecule has 1 saturated heterocycles. The Labute approximate surface area is 104 Å². The molecule has 1 heterocycles. The Morgan fingerprint density at radius 1 is 1.29 bits per heavy atom. The van der Waals surface area contributed by atoms with E-state index in [0.29, 0.717) is 6.61 Å². The van der Waals surface area contributed by atoms with Gasteiger partial charge in [0.15, 0.2) is 0 Å². The van der Waals surface area contributed by atoms with Gasteiger partial charge in [-0.15, -0.1) is 0 Å². The number of aliphatic imine (C=N–C) groups is 1. The Hall–Kier alpha value is -0.810. The van der Waals surface area contributed by atoms with E-state index < -0.39 is 0 Å². The van der Waals surface area contributed by atoms with Crippen LogP contribution in [0, 0.1) is 0 Å². The molecular formula is C12H26N4O. The molecule has 0 saturated carbocycles. The zero-order valence-corrected chi connectivity index (χ0v) is 11.1. The van der Waals surface area contributed by atoms with E-state index in [2.05, 4.69) is 15.3 Å². The minimum Gasteiger partial charge on any atom is -0.382 e. The van der Waals surface area contributed by atoms with E-state index in [-0.39, 0.29) is 6.04 Å². The molecule has 1 atom stereocenters. The zero-order chi connectivity index (χ0) is 12.5. The van der Waals surface area contributed by atoms with E-state index in [1.807, 2.05) is 6.92 Å². The molecule has 0 aliphatic carbocycles. The Kier molecular flexibility index (Phi) is 6.96. The Morgan fingerprint density at radius 3 is 2.41 bits per heavy atom. The van der Waals surface area contributed by atoms with Crippen molar-refractivity contribution in [1.82, 2.24) is 10.3 Å². The fourth-order valence-corrected chi connectivity index (χ4v) is 2.16. The number of ether oxygens (including phenoxy) is 1. The number of guanidine groups is 1.